The normalized spacial score (nSPS) is 15.6. The quantitative estimate of drug-likeness (QED) is 0.855. The van der Waals surface area contributed by atoms with E-state index in [0.717, 1.165) is 31.2 Å². The van der Waals surface area contributed by atoms with Crippen LogP contribution in [0, 0.1) is 5.92 Å². The molecule has 2 aromatic rings. The third-order valence-electron chi connectivity index (χ3n) is 4.80. The number of hydrogen-bond acceptors (Lipinski definition) is 2. The van der Waals surface area contributed by atoms with Crippen molar-refractivity contribution in [1.29, 1.82) is 0 Å². The summed E-state index contributed by atoms with van der Waals surface area (Å²) in [5.74, 6) is -0.0908. The Balaban J connectivity index is 1.71. The van der Waals surface area contributed by atoms with Crippen molar-refractivity contribution in [2.75, 3.05) is 5.32 Å². The minimum absolute atomic E-state index is 0.0221. The Morgan fingerprint density at radius 3 is 2.32 bits per heavy atom. The molecule has 0 bridgehead atoms. The Kier molecular flexibility index (Phi) is 5.49. The maximum absolute atomic E-state index is 12.7. The molecule has 1 saturated carbocycles. The van der Waals surface area contributed by atoms with Gasteiger partial charge in [0.05, 0.1) is 17.3 Å². The molecule has 3 rings (SSSR count). The lowest BCUT2D eigenvalue weighted by molar-refractivity contribution is -0.119. The number of anilines is 1. The van der Waals surface area contributed by atoms with Crippen molar-refractivity contribution >= 4 is 17.5 Å². The first-order valence-electron chi connectivity index (χ1n) is 8.91. The first-order chi connectivity index (χ1) is 12.1. The van der Waals surface area contributed by atoms with Gasteiger partial charge in [0.15, 0.2) is 0 Å². The van der Waals surface area contributed by atoms with E-state index in [0.29, 0.717) is 11.3 Å². The smallest absolute Gasteiger partial charge is 0.253 e. The molecule has 2 amide bonds. The molecule has 0 heterocycles. The number of carbonyl (C=O) groups is 2. The van der Waals surface area contributed by atoms with Crippen LogP contribution in [0.25, 0.3) is 0 Å². The van der Waals surface area contributed by atoms with Gasteiger partial charge in [-0.25, -0.2) is 0 Å². The number of carbonyl (C=O) groups excluding carboxylic acids is 2. The molecule has 1 aliphatic carbocycles. The van der Waals surface area contributed by atoms with Crippen LogP contribution in [0.1, 0.15) is 54.6 Å². The van der Waals surface area contributed by atoms with Crippen molar-refractivity contribution in [2.45, 2.75) is 38.6 Å². The summed E-state index contributed by atoms with van der Waals surface area (Å²) in [5, 5.41) is 5.95. The van der Waals surface area contributed by atoms with E-state index in [4.69, 9.17) is 0 Å². The molecule has 0 aromatic heterocycles. The van der Waals surface area contributed by atoms with Gasteiger partial charge >= 0.3 is 0 Å². The first-order valence-corrected chi connectivity index (χ1v) is 8.91. The molecule has 2 N–H and O–H groups in total. The highest BCUT2D eigenvalue weighted by Gasteiger charge is 2.24. The third kappa shape index (κ3) is 4.27. The first kappa shape index (κ1) is 17.2. The van der Waals surface area contributed by atoms with Crippen molar-refractivity contribution in [3.8, 4) is 0 Å². The Bertz CT molecular complexity index is 737. The molecule has 1 unspecified atom stereocenters. The predicted molar refractivity (Wildman–Crippen MR) is 99.4 cm³/mol. The number of rotatable bonds is 5. The zero-order chi connectivity index (χ0) is 17.6. The lowest BCUT2D eigenvalue weighted by Crippen LogP contribution is -2.28. The highest BCUT2D eigenvalue weighted by Crippen LogP contribution is 2.27. The SMILES string of the molecule is CC(NC(=O)c1ccccc1NC(=O)C1CCCC1)c1ccccc1. The fraction of sp³-hybridized carbons (Fsp3) is 0.333. The van der Waals surface area contributed by atoms with Gasteiger partial charge in [-0.2, -0.15) is 0 Å². The van der Waals surface area contributed by atoms with Gasteiger partial charge in [-0.1, -0.05) is 55.3 Å². The third-order valence-corrected chi connectivity index (χ3v) is 4.80. The molecule has 1 aliphatic rings. The number of hydrogen-bond donors (Lipinski definition) is 2. The van der Waals surface area contributed by atoms with Crippen LogP contribution in [0.2, 0.25) is 0 Å². The van der Waals surface area contributed by atoms with E-state index in [9.17, 15) is 9.59 Å². The van der Waals surface area contributed by atoms with Crippen LogP contribution in [-0.2, 0) is 4.79 Å². The van der Waals surface area contributed by atoms with Crippen LogP contribution >= 0.6 is 0 Å². The van der Waals surface area contributed by atoms with Crippen LogP contribution in [0.3, 0.4) is 0 Å². The molecule has 0 aliphatic heterocycles. The van der Waals surface area contributed by atoms with Gasteiger partial charge < -0.3 is 10.6 Å². The summed E-state index contributed by atoms with van der Waals surface area (Å²) in [5.41, 5.74) is 2.12. The lowest BCUT2D eigenvalue weighted by atomic mass is 10.1. The average Bonchev–Trinajstić information content (AvgIpc) is 3.17. The van der Waals surface area contributed by atoms with E-state index in [2.05, 4.69) is 10.6 Å². The fourth-order valence-corrected chi connectivity index (χ4v) is 3.31. The van der Waals surface area contributed by atoms with Gasteiger partial charge in [-0.15, -0.1) is 0 Å². The van der Waals surface area contributed by atoms with E-state index in [1.165, 1.54) is 0 Å². The number of amides is 2. The Labute approximate surface area is 148 Å². The molecular weight excluding hydrogens is 312 g/mol. The monoisotopic (exact) mass is 336 g/mol. The average molecular weight is 336 g/mol. The van der Waals surface area contributed by atoms with E-state index >= 15 is 0 Å². The Morgan fingerprint density at radius 2 is 1.60 bits per heavy atom. The molecule has 130 valence electrons. The summed E-state index contributed by atoms with van der Waals surface area (Å²) < 4.78 is 0. The van der Waals surface area contributed by atoms with Gasteiger partial charge in [0.25, 0.3) is 5.91 Å². The summed E-state index contributed by atoms with van der Waals surface area (Å²) in [7, 11) is 0. The topological polar surface area (TPSA) is 58.2 Å². The summed E-state index contributed by atoms with van der Waals surface area (Å²) >= 11 is 0. The minimum atomic E-state index is -0.182. The Hall–Kier alpha value is -2.62. The van der Waals surface area contributed by atoms with Crippen molar-refractivity contribution < 1.29 is 9.59 Å². The molecular formula is C21H24N2O2. The molecule has 0 saturated heterocycles. The van der Waals surface area contributed by atoms with E-state index in [1.807, 2.05) is 49.4 Å². The van der Waals surface area contributed by atoms with Crippen LogP contribution in [0.5, 0.6) is 0 Å². The Morgan fingerprint density at radius 1 is 0.960 bits per heavy atom. The molecule has 0 radical (unpaired) electrons. The summed E-state index contributed by atoms with van der Waals surface area (Å²) in [6, 6.07) is 16.9. The van der Waals surface area contributed by atoms with Gasteiger partial charge in [-0.05, 0) is 37.5 Å². The zero-order valence-corrected chi connectivity index (χ0v) is 14.5. The second-order valence-corrected chi connectivity index (χ2v) is 6.62. The molecule has 1 fully saturated rings. The summed E-state index contributed by atoms with van der Waals surface area (Å²) in [4.78, 5) is 25.1. The standard InChI is InChI=1S/C21H24N2O2/c1-15(16-9-3-2-4-10-16)22-21(25)18-13-7-8-14-19(18)23-20(24)17-11-5-6-12-17/h2-4,7-10,13-15,17H,5-6,11-12H2,1H3,(H,22,25)(H,23,24). The number of nitrogens with one attached hydrogen (secondary N) is 2. The maximum Gasteiger partial charge on any atom is 0.253 e. The predicted octanol–water partition coefficient (Wildman–Crippen LogP) is 4.31. The largest absolute Gasteiger partial charge is 0.345 e. The number of benzene rings is 2. The highest BCUT2D eigenvalue weighted by molar-refractivity contribution is 6.04. The van der Waals surface area contributed by atoms with Gasteiger partial charge in [0, 0.05) is 5.92 Å². The second kappa shape index (κ2) is 7.97. The van der Waals surface area contributed by atoms with E-state index in [-0.39, 0.29) is 23.8 Å². The highest BCUT2D eigenvalue weighted by atomic mass is 16.2. The molecule has 25 heavy (non-hydrogen) atoms. The van der Waals surface area contributed by atoms with Gasteiger partial charge in [0.1, 0.15) is 0 Å². The molecule has 4 heteroatoms. The van der Waals surface area contributed by atoms with E-state index < -0.39 is 0 Å². The van der Waals surface area contributed by atoms with Crippen LogP contribution < -0.4 is 10.6 Å². The fourth-order valence-electron chi connectivity index (χ4n) is 3.31. The molecule has 4 nitrogen and oxygen atoms in total. The summed E-state index contributed by atoms with van der Waals surface area (Å²) in [6.45, 7) is 1.95. The second-order valence-electron chi connectivity index (χ2n) is 6.62. The van der Waals surface area contributed by atoms with Crippen molar-refractivity contribution in [2.24, 2.45) is 5.92 Å². The van der Waals surface area contributed by atoms with Crippen molar-refractivity contribution in [1.82, 2.24) is 5.32 Å². The van der Waals surface area contributed by atoms with Gasteiger partial charge in [0.2, 0.25) is 5.91 Å². The van der Waals surface area contributed by atoms with Crippen LogP contribution in [0.15, 0.2) is 54.6 Å². The van der Waals surface area contributed by atoms with Crippen molar-refractivity contribution in [3.05, 3.63) is 65.7 Å². The molecule has 0 spiro atoms. The maximum atomic E-state index is 12.7. The minimum Gasteiger partial charge on any atom is -0.345 e. The van der Waals surface area contributed by atoms with Crippen molar-refractivity contribution in [3.63, 3.8) is 0 Å². The molecule has 2 aromatic carbocycles. The number of para-hydroxylation sites is 1. The van der Waals surface area contributed by atoms with E-state index in [1.54, 1.807) is 12.1 Å². The van der Waals surface area contributed by atoms with Crippen LogP contribution in [0.4, 0.5) is 5.69 Å². The van der Waals surface area contributed by atoms with Gasteiger partial charge in [-0.3, -0.25) is 9.59 Å². The summed E-state index contributed by atoms with van der Waals surface area (Å²) in [6.07, 6.45) is 4.08. The zero-order valence-electron chi connectivity index (χ0n) is 14.5. The van der Waals surface area contributed by atoms with Crippen LogP contribution in [-0.4, -0.2) is 11.8 Å². The lowest BCUT2D eigenvalue weighted by Gasteiger charge is -2.17. The molecule has 1 atom stereocenters.